The Hall–Kier alpha value is -1.20. The van der Waals surface area contributed by atoms with Crippen LogP contribution in [0.15, 0.2) is 12.1 Å². The van der Waals surface area contributed by atoms with Gasteiger partial charge in [0.15, 0.2) is 17.5 Å². The van der Waals surface area contributed by atoms with Crippen LogP contribution in [0.3, 0.4) is 0 Å². The quantitative estimate of drug-likeness (QED) is 0.586. The van der Waals surface area contributed by atoms with Crippen LogP contribution in [0.1, 0.15) is 31.0 Å². The third kappa shape index (κ3) is 2.52. The highest BCUT2D eigenvalue weighted by atomic mass is 35.5. The molecule has 0 spiro atoms. The molecule has 0 N–H and O–H groups in total. The Balaban J connectivity index is 2.64. The Bertz CT molecular complexity index is 630. The topological polar surface area (TPSA) is 17.8 Å². The van der Waals surface area contributed by atoms with E-state index in [9.17, 15) is 13.2 Å². The van der Waals surface area contributed by atoms with Crippen LogP contribution in [-0.2, 0) is 5.88 Å². The minimum Gasteiger partial charge on any atom is -0.221 e. The summed E-state index contributed by atoms with van der Waals surface area (Å²) in [6, 6.07) is 1.67. The van der Waals surface area contributed by atoms with Crippen LogP contribution in [0.25, 0.3) is 5.69 Å². The van der Waals surface area contributed by atoms with Crippen LogP contribution in [0.4, 0.5) is 13.2 Å². The van der Waals surface area contributed by atoms with Crippen LogP contribution in [-0.4, -0.2) is 9.78 Å². The zero-order valence-corrected chi connectivity index (χ0v) is 12.2. The molecule has 0 atom stereocenters. The molecule has 0 radical (unpaired) electrons. The van der Waals surface area contributed by atoms with Crippen molar-refractivity contribution in [3.63, 3.8) is 0 Å². The molecule has 7 heteroatoms. The summed E-state index contributed by atoms with van der Waals surface area (Å²) in [5.74, 6) is -3.97. The fourth-order valence-corrected chi connectivity index (χ4v) is 2.50. The number of halogens is 5. The van der Waals surface area contributed by atoms with Gasteiger partial charge in [0.05, 0.1) is 17.3 Å². The van der Waals surface area contributed by atoms with Crippen LogP contribution in [0, 0.1) is 17.5 Å². The average molecular weight is 323 g/mol. The van der Waals surface area contributed by atoms with Gasteiger partial charge in [-0.1, -0.05) is 25.4 Å². The van der Waals surface area contributed by atoms with Gasteiger partial charge in [0.25, 0.3) is 0 Å². The summed E-state index contributed by atoms with van der Waals surface area (Å²) in [6.45, 7) is 3.79. The van der Waals surface area contributed by atoms with Gasteiger partial charge in [0.2, 0.25) is 0 Å². The molecule has 108 valence electrons. The van der Waals surface area contributed by atoms with Crippen molar-refractivity contribution < 1.29 is 13.2 Å². The third-order valence-electron chi connectivity index (χ3n) is 2.85. The number of hydrogen-bond donors (Lipinski definition) is 0. The standard InChI is InChI=1S/C13H11Cl2F3N2/c1-6(2)12-8(5-14)13(15)20(19-12)7-3-9(16)11(18)10(17)4-7/h3-4,6H,5H2,1-2H3. The van der Waals surface area contributed by atoms with Gasteiger partial charge in [-0.2, -0.15) is 5.10 Å². The lowest BCUT2D eigenvalue weighted by atomic mass is 10.1. The van der Waals surface area contributed by atoms with E-state index in [1.54, 1.807) is 0 Å². The van der Waals surface area contributed by atoms with Crippen molar-refractivity contribution in [2.45, 2.75) is 25.6 Å². The lowest BCUT2D eigenvalue weighted by molar-refractivity contribution is 0.446. The van der Waals surface area contributed by atoms with Crippen molar-refractivity contribution in [2.75, 3.05) is 0 Å². The molecule has 0 aliphatic rings. The normalized spacial score (nSPS) is 11.4. The highest BCUT2D eigenvalue weighted by Gasteiger charge is 2.20. The molecule has 2 nitrogen and oxygen atoms in total. The van der Waals surface area contributed by atoms with Gasteiger partial charge in [-0.15, -0.1) is 11.6 Å². The van der Waals surface area contributed by atoms with Crippen molar-refractivity contribution in [3.8, 4) is 5.69 Å². The van der Waals surface area contributed by atoms with Crippen LogP contribution in [0.2, 0.25) is 5.15 Å². The van der Waals surface area contributed by atoms with E-state index >= 15 is 0 Å². The third-order valence-corrected chi connectivity index (χ3v) is 3.50. The second-order valence-electron chi connectivity index (χ2n) is 4.58. The molecule has 0 fully saturated rings. The van der Waals surface area contributed by atoms with Gasteiger partial charge in [-0.05, 0) is 5.92 Å². The highest BCUT2D eigenvalue weighted by molar-refractivity contribution is 6.31. The second-order valence-corrected chi connectivity index (χ2v) is 5.20. The zero-order chi connectivity index (χ0) is 15.0. The summed E-state index contributed by atoms with van der Waals surface area (Å²) in [7, 11) is 0. The SMILES string of the molecule is CC(C)c1nn(-c2cc(F)c(F)c(F)c2)c(Cl)c1CCl. The molecule has 1 aromatic heterocycles. The fraction of sp³-hybridized carbons (Fsp3) is 0.308. The van der Waals surface area contributed by atoms with Crippen molar-refractivity contribution in [3.05, 3.63) is 46.0 Å². The van der Waals surface area contributed by atoms with Gasteiger partial charge in [0.1, 0.15) is 5.15 Å². The zero-order valence-electron chi connectivity index (χ0n) is 10.7. The van der Waals surface area contributed by atoms with Crippen LogP contribution < -0.4 is 0 Å². The Labute approximate surface area is 124 Å². The highest BCUT2D eigenvalue weighted by Crippen LogP contribution is 2.30. The number of benzene rings is 1. The molecule has 20 heavy (non-hydrogen) atoms. The number of hydrogen-bond acceptors (Lipinski definition) is 1. The minimum absolute atomic E-state index is 0.00432. The molecule has 1 aromatic carbocycles. The summed E-state index contributed by atoms with van der Waals surface area (Å²) in [4.78, 5) is 0. The summed E-state index contributed by atoms with van der Waals surface area (Å²) in [5.41, 5.74) is 1.23. The summed E-state index contributed by atoms with van der Waals surface area (Å²) >= 11 is 12.0. The molecule has 0 unspecified atom stereocenters. The minimum atomic E-state index is -1.53. The van der Waals surface area contributed by atoms with E-state index < -0.39 is 17.5 Å². The Morgan fingerprint density at radius 2 is 1.75 bits per heavy atom. The van der Waals surface area contributed by atoms with E-state index in [2.05, 4.69) is 5.10 Å². The first kappa shape index (κ1) is 15.2. The Morgan fingerprint density at radius 1 is 1.20 bits per heavy atom. The van der Waals surface area contributed by atoms with E-state index in [-0.39, 0.29) is 22.6 Å². The first-order chi connectivity index (χ1) is 9.36. The van der Waals surface area contributed by atoms with Gasteiger partial charge in [0, 0.05) is 17.7 Å². The molecule has 2 rings (SSSR count). The number of rotatable bonds is 3. The van der Waals surface area contributed by atoms with Gasteiger partial charge in [-0.25, -0.2) is 17.9 Å². The maximum atomic E-state index is 13.3. The second kappa shape index (κ2) is 5.66. The van der Waals surface area contributed by atoms with E-state index in [0.717, 1.165) is 16.8 Å². The van der Waals surface area contributed by atoms with E-state index in [1.807, 2.05) is 13.8 Å². The van der Waals surface area contributed by atoms with Gasteiger partial charge >= 0.3 is 0 Å². The summed E-state index contributed by atoms with van der Waals surface area (Å²) in [6.07, 6.45) is 0. The largest absolute Gasteiger partial charge is 0.221 e. The molecule has 0 aliphatic heterocycles. The molecular formula is C13H11Cl2F3N2. The Morgan fingerprint density at radius 3 is 2.15 bits per heavy atom. The van der Waals surface area contributed by atoms with E-state index in [1.165, 1.54) is 0 Å². The van der Waals surface area contributed by atoms with Crippen LogP contribution >= 0.6 is 23.2 Å². The predicted octanol–water partition coefficient (Wildman–Crippen LogP) is 4.81. The molecule has 0 aliphatic carbocycles. The smallest absolute Gasteiger partial charge is 0.194 e. The average Bonchev–Trinajstić information content (AvgIpc) is 2.72. The van der Waals surface area contributed by atoms with Crippen molar-refractivity contribution in [1.29, 1.82) is 0 Å². The molecule has 0 saturated carbocycles. The lowest BCUT2D eigenvalue weighted by Crippen LogP contribution is -2.02. The van der Waals surface area contributed by atoms with Gasteiger partial charge in [-0.3, -0.25) is 0 Å². The predicted molar refractivity (Wildman–Crippen MR) is 72.1 cm³/mol. The maximum absolute atomic E-state index is 13.3. The van der Waals surface area contributed by atoms with Crippen LogP contribution in [0.5, 0.6) is 0 Å². The van der Waals surface area contributed by atoms with Crippen molar-refractivity contribution in [1.82, 2.24) is 9.78 Å². The molecular weight excluding hydrogens is 312 g/mol. The Kier molecular flexibility index (Phi) is 4.30. The molecule has 2 aromatic rings. The fourth-order valence-electron chi connectivity index (χ4n) is 1.87. The van der Waals surface area contributed by atoms with E-state index in [0.29, 0.717) is 11.3 Å². The van der Waals surface area contributed by atoms with Crippen molar-refractivity contribution >= 4 is 23.2 Å². The maximum Gasteiger partial charge on any atom is 0.194 e. The number of aromatic nitrogens is 2. The van der Waals surface area contributed by atoms with Crippen molar-refractivity contribution in [2.24, 2.45) is 0 Å². The molecule has 0 bridgehead atoms. The monoisotopic (exact) mass is 322 g/mol. The first-order valence-electron chi connectivity index (χ1n) is 5.85. The summed E-state index contributed by atoms with van der Waals surface area (Å²) in [5, 5.41) is 4.37. The van der Waals surface area contributed by atoms with E-state index in [4.69, 9.17) is 23.2 Å². The summed E-state index contributed by atoms with van der Waals surface area (Å²) < 4.78 is 40.7. The number of nitrogens with zero attached hydrogens (tertiary/aromatic N) is 2. The molecule has 0 amide bonds. The lowest BCUT2D eigenvalue weighted by Gasteiger charge is -2.05. The molecule has 0 saturated heterocycles. The van der Waals surface area contributed by atoms with Gasteiger partial charge < -0.3 is 0 Å². The molecule has 1 heterocycles. The first-order valence-corrected chi connectivity index (χ1v) is 6.76. The number of alkyl halides is 1.